The fourth-order valence-corrected chi connectivity index (χ4v) is 2.80. The molecule has 0 aliphatic carbocycles. The molecule has 0 saturated heterocycles. The summed E-state index contributed by atoms with van der Waals surface area (Å²) in [7, 11) is 1.91. The predicted octanol–water partition coefficient (Wildman–Crippen LogP) is 2.15. The Hall–Kier alpha value is -2.53. The van der Waals surface area contributed by atoms with Crippen molar-refractivity contribution in [2.24, 2.45) is 7.05 Å². The molecule has 21 heavy (non-hydrogen) atoms. The summed E-state index contributed by atoms with van der Waals surface area (Å²) in [5.41, 5.74) is 6.52. The summed E-state index contributed by atoms with van der Waals surface area (Å²) in [6, 6.07) is 10.2. The normalized spacial score (nSPS) is 13.4. The number of aromatic nitrogens is 4. The average molecular weight is 277 g/mol. The van der Waals surface area contributed by atoms with Gasteiger partial charge in [0.1, 0.15) is 5.69 Å². The lowest BCUT2D eigenvalue weighted by molar-refractivity contribution is 0.765. The molecule has 3 aromatic rings. The molecule has 1 aliphatic rings. The van der Waals surface area contributed by atoms with Gasteiger partial charge in [-0.05, 0) is 0 Å². The third kappa shape index (κ3) is 2.02. The fraction of sp³-hybridized carbons (Fsp3) is 0.188. The highest BCUT2D eigenvalue weighted by Crippen LogP contribution is 2.32. The molecule has 3 heterocycles. The Labute approximate surface area is 122 Å². The van der Waals surface area contributed by atoms with Gasteiger partial charge in [-0.2, -0.15) is 5.10 Å². The van der Waals surface area contributed by atoms with Gasteiger partial charge in [-0.1, -0.05) is 30.3 Å². The number of hydrogen-bond donors (Lipinski definition) is 1. The minimum atomic E-state index is 0.828. The Morgan fingerprint density at radius 3 is 2.24 bits per heavy atom. The Morgan fingerprint density at radius 1 is 0.952 bits per heavy atom. The molecule has 0 atom stereocenters. The van der Waals surface area contributed by atoms with Crippen molar-refractivity contribution in [3.63, 3.8) is 0 Å². The Bertz CT molecular complexity index is 792. The van der Waals surface area contributed by atoms with Crippen molar-refractivity contribution >= 4 is 0 Å². The standard InChI is InChI=1S/C16H15N5/c1-21-10-12(7-18-21)16-14-9-17-8-13(14)15(19-20-16)11-5-3-2-4-6-11/h2-7,10,17H,8-9H2,1H3. The minimum Gasteiger partial charge on any atom is -0.308 e. The molecule has 5 heteroatoms. The van der Waals surface area contributed by atoms with Crippen LogP contribution in [0.5, 0.6) is 0 Å². The maximum Gasteiger partial charge on any atom is 0.101 e. The highest BCUT2D eigenvalue weighted by Gasteiger charge is 2.22. The van der Waals surface area contributed by atoms with Crippen molar-refractivity contribution in [2.45, 2.75) is 13.1 Å². The van der Waals surface area contributed by atoms with Gasteiger partial charge in [-0.25, -0.2) is 0 Å². The molecule has 4 rings (SSSR count). The van der Waals surface area contributed by atoms with Crippen LogP contribution >= 0.6 is 0 Å². The Kier molecular flexibility index (Phi) is 2.79. The monoisotopic (exact) mass is 277 g/mol. The van der Waals surface area contributed by atoms with Crippen LogP contribution < -0.4 is 5.32 Å². The summed E-state index contributed by atoms with van der Waals surface area (Å²) in [5, 5.41) is 16.6. The van der Waals surface area contributed by atoms with Crippen molar-refractivity contribution < 1.29 is 0 Å². The molecule has 0 spiro atoms. The SMILES string of the molecule is Cn1cc(-c2nnc(-c3ccccc3)c3c2CNC3)cn1. The summed E-state index contributed by atoms with van der Waals surface area (Å²) < 4.78 is 1.79. The van der Waals surface area contributed by atoms with E-state index in [0.29, 0.717) is 0 Å². The van der Waals surface area contributed by atoms with Gasteiger partial charge in [0.2, 0.25) is 0 Å². The molecule has 1 aliphatic heterocycles. The van der Waals surface area contributed by atoms with Gasteiger partial charge in [0.25, 0.3) is 0 Å². The van der Waals surface area contributed by atoms with Crippen LogP contribution in [-0.2, 0) is 20.1 Å². The lowest BCUT2D eigenvalue weighted by Gasteiger charge is -2.09. The van der Waals surface area contributed by atoms with Crippen LogP contribution in [0.2, 0.25) is 0 Å². The first kappa shape index (κ1) is 12.2. The first-order chi connectivity index (χ1) is 10.3. The zero-order chi connectivity index (χ0) is 14.2. The molecule has 0 saturated carbocycles. The van der Waals surface area contributed by atoms with E-state index in [4.69, 9.17) is 0 Å². The van der Waals surface area contributed by atoms with Crippen molar-refractivity contribution in [1.29, 1.82) is 0 Å². The van der Waals surface area contributed by atoms with Crippen molar-refractivity contribution in [2.75, 3.05) is 0 Å². The molecule has 0 fully saturated rings. The van der Waals surface area contributed by atoms with E-state index in [9.17, 15) is 0 Å². The Balaban J connectivity index is 1.89. The van der Waals surface area contributed by atoms with E-state index in [1.54, 1.807) is 4.68 Å². The lowest BCUT2D eigenvalue weighted by atomic mass is 10.0. The van der Waals surface area contributed by atoms with Crippen LogP contribution in [0.4, 0.5) is 0 Å². The van der Waals surface area contributed by atoms with E-state index in [0.717, 1.165) is 35.6 Å². The van der Waals surface area contributed by atoms with Crippen molar-refractivity contribution in [1.82, 2.24) is 25.3 Å². The molecule has 0 amide bonds. The summed E-state index contributed by atoms with van der Waals surface area (Å²) in [6.45, 7) is 1.66. The second-order valence-electron chi connectivity index (χ2n) is 5.23. The van der Waals surface area contributed by atoms with E-state index >= 15 is 0 Å². The molecule has 1 N–H and O–H groups in total. The van der Waals surface area contributed by atoms with Crippen LogP contribution in [-0.4, -0.2) is 20.0 Å². The third-order valence-electron chi connectivity index (χ3n) is 3.82. The first-order valence-electron chi connectivity index (χ1n) is 6.96. The van der Waals surface area contributed by atoms with Crippen molar-refractivity contribution in [3.8, 4) is 22.5 Å². The molecule has 104 valence electrons. The second kappa shape index (κ2) is 4.79. The summed E-state index contributed by atoms with van der Waals surface area (Å²) >= 11 is 0. The number of fused-ring (bicyclic) bond motifs is 1. The van der Waals surface area contributed by atoms with Crippen LogP contribution in [0, 0.1) is 0 Å². The zero-order valence-electron chi connectivity index (χ0n) is 11.7. The summed E-state index contributed by atoms with van der Waals surface area (Å²) in [5.74, 6) is 0. The van der Waals surface area contributed by atoms with Gasteiger partial charge < -0.3 is 5.32 Å². The van der Waals surface area contributed by atoms with Gasteiger partial charge >= 0.3 is 0 Å². The van der Waals surface area contributed by atoms with E-state index in [1.165, 1.54) is 11.1 Å². The van der Waals surface area contributed by atoms with Gasteiger partial charge in [0, 0.05) is 48.6 Å². The molecule has 5 nitrogen and oxygen atoms in total. The smallest absolute Gasteiger partial charge is 0.101 e. The summed E-state index contributed by atoms with van der Waals surface area (Å²) in [6.07, 6.45) is 3.82. The molecule has 0 bridgehead atoms. The van der Waals surface area contributed by atoms with Crippen LogP contribution in [0.3, 0.4) is 0 Å². The highest BCUT2D eigenvalue weighted by molar-refractivity contribution is 5.71. The molecule has 0 radical (unpaired) electrons. The highest BCUT2D eigenvalue weighted by atomic mass is 15.2. The van der Waals surface area contributed by atoms with Gasteiger partial charge in [0.15, 0.2) is 0 Å². The topological polar surface area (TPSA) is 55.6 Å². The molecule has 0 unspecified atom stereocenters. The maximum atomic E-state index is 4.48. The van der Waals surface area contributed by atoms with E-state index in [2.05, 4.69) is 32.7 Å². The predicted molar refractivity (Wildman–Crippen MR) is 80.2 cm³/mol. The third-order valence-corrected chi connectivity index (χ3v) is 3.82. The van der Waals surface area contributed by atoms with Gasteiger partial charge in [-0.15, -0.1) is 10.2 Å². The lowest BCUT2D eigenvalue weighted by Crippen LogP contribution is -2.00. The molecular formula is C16H15N5. The van der Waals surface area contributed by atoms with Gasteiger partial charge in [-0.3, -0.25) is 4.68 Å². The minimum absolute atomic E-state index is 0.828. The van der Waals surface area contributed by atoms with Crippen LogP contribution in [0.15, 0.2) is 42.7 Å². The average Bonchev–Trinajstić information content (AvgIpc) is 3.16. The quantitative estimate of drug-likeness (QED) is 0.780. The van der Waals surface area contributed by atoms with E-state index < -0.39 is 0 Å². The number of benzene rings is 1. The number of aryl methyl sites for hydroxylation is 1. The first-order valence-corrected chi connectivity index (χ1v) is 6.96. The van der Waals surface area contributed by atoms with Crippen LogP contribution in [0.1, 0.15) is 11.1 Å². The molecule has 1 aromatic carbocycles. The number of rotatable bonds is 2. The molecule has 2 aromatic heterocycles. The zero-order valence-corrected chi connectivity index (χ0v) is 11.7. The number of hydrogen-bond acceptors (Lipinski definition) is 4. The van der Waals surface area contributed by atoms with Crippen molar-refractivity contribution in [3.05, 3.63) is 53.9 Å². The number of nitrogens with one attached hydrogen (secondary N) is 1. The van der Waals surface area contributed by atoms with Crippen LogP contribution in [0.25, 0.3) is 22.5 Å². The Morgan fingerprint density at radius 2 is 1.62 bits per heavy atom. The van der Waals surface area contributed by atoms with Gasteiger partial charge in [0.05, 0.1) is 11.9 Å². The second-order valence-corrected chi connectivity index (χ2v) is 5.23. The summed E-state index contributed by atoms with van der Waals surface area (Å²) in [4.78, 5) is 0. The fourth-order valence-electron chi connectivity index (χ4n) is 2.80. The van der Waals surface area contributed by atoms with E-state index in [-0.39, 0.29) is 0 Å². The largest absolute Gasteiger partial charge is 0.308 e. The molecular weight excluding hydrogens is 262 g/mol. The number of nitrogens with zero attached hydrogens (tertiary/aromatic N) is 4. The van der Waals surface area contributed by atoms with E-state index in [1.807, 2.05) is 37.6 Å². The maximum absolute atomic E-state index is 4.48.